The van der Waals surface area contributed by atoms with Crippen LogP contribution in [0.4, 0.5) is 11.6 Å². The molecule has 118 valence electrons. The molecule has 0 spiro atoms. The summed E-state index contributed by atoms with van der Waals surface area (Å²) in [6.07, 6.45) is 0.622. The van der Waals surface area contributed by atoms with E-state index in [1.807, 2.05) is 6.07 Å². The first-order valence-electron chi connectivity index (χ1n) is 7.20. The Morgan fingerprint density at radius 3 is 2.54 bits per heavy atom. The fourth-order valence-corrected chi connectivity index (χ4v) is 2.44. The number of nitrogens with zero attached hydrogens (tertiary/aromatic N) is 3. The van der Waals surface area contributed by atoms with Crippen molar-refractivity contribution in [2.45, 2.75) is 6.10 Å². The van der Waals surface area contributed by atoms with Gasteiger partial charge in [0.1, 0.15) is 6.10 Å². The van der Waals surface area contributed by atoms with Crippen LogP contribution < -0.4 is 5.32 Å². The second kappa shape index (κ2) is 7.09. The molecule has 24 heavy (non-hydrogen) atoms. The molecule has 1 atom stereocenters. The molecule has 1 heterocycles. The Kier molecular flexibility index (Phi) is 4.71. The summed E-state index contributed by atoms with van der Waals surface area (Å²) in [6.45, 7) is 0. The van der Waals surface area contributed by atoms with Crippen molar-refractivity contribution < 1.29 is 5.11 Å². The minimum Gasteiger partial charge on any atom is -0.382 e. The van der Waals surface area contributed by atoms with E-state index in [0.717, 1.165) is 5.69 Å². The Balaban J connectivity index is 1.83. The molecule has 1 unspecified atom stereocenters. The van der Waals surface area contributed by atoms with E-state index in [2.05, 4.69) is 21.4 Å². The number of nitrogens with one attached hydrogen (secondary N) is 1. The maximum Gasteiger partial charge on any atom is 0.227 e. The van der Waals surface area contributed by atoms with Crippen molar-refractivity contribution in [3.8, 4) is 6.07 Å². The van der Waals surface area contributed by atoms with Gasteiger partial charge in [-0.05, 0) is 36.4 Å². The topological polar surface area (TPSA) is 81.8 Å². The lowest BCUT2D eigenvalue weighted by Crippen LogP contribution is -2.06. The van der Waals surface area contributed by atoms with Crippen LogP contribution in [0.5, 0.6) is 0 Å². The van der Waals surface area contributed by atoms with Crippen molar-refractivity contribution in [1.29, 1.82) is 5.26 Å². The molecule has 5 nitrogen and oxygen atoms in total. The molecule has 3 rings (SSSR count). The summed E-state index contributed by atoms with van der Waals surface area (Å²) in [5.74, 6) is 0.350. The molecule has 2 N–H and O–H groups in total. The lowest BCUT2D eigenvalue weighted by molar-refractivity contribution is 0.215. The summed E-state index contributed by atoms with van der Waals surface area (Å²) in [4.78, 5) is 8.48. The van der Waals surface area contributed by atoms with Crippen molar-refractivity contribution in [2.24, 2.45) is 0 Å². The van der Waals surface area contributed by atoms with Gasteiger partial charge in [0, 0.05) is 22.5 Å². The predicted octanol–water partition coefficient (Wildman–Crippen LogP) is 3.83. The third-order valence-corrected chi connectivity index (χ3v) is 3.77. The molecule has 0 bridgehead atoms. The van der Waals surface area contributed by atoms with Gasteiger partial charge in [-0.1, -0.05) is 29.8 Å². The smallest absolute Gasteiger partial charge is 0.227 e. The minimum atomic E-state index is -0.941. The lowest BCUT2D eigenvalue weighted by Gasteiger charge is -2.13. The van der Waals surface area contributed by atoms with Gasteiger partial charge in [0.15, 0.2) is 0 Å². The Labute approximate surface area is 144 Å². The van der Waals surface area contributed by atoms with Crippen LogP contribution in [0, 0.1) is 11.3 Å². The number of anilines is 2. The molecular formula is C18H13ClN4O. The van der Waals surface area contributed by atoms with E-state index in [1.165, 1.54) is 0 Å². The van der Waals surface area contributed by atoms with Crippen LogP contribution in [0.1, 0.15) is 22.9 Å². The number of benzene rings is 2. The lowest BCUT2D eigenvalue weighted by atomic mass is 10.1. The molecule has 3 aromatic rings. The van der Waals surface area contributed by atoms with Crippen molar-refractivity contribution in [3.63, 3.8) is 0 Å². The molecule has 0 saturated heterocycles. The summed E-state index contributed by atoms with van der Waals surface area (Å²) in [5, 5.41) is 22.8. The SMILES string of the molecule is N#Cc1ccc(Nc2nccc(C(O)c3ccccc3Cl)n2)cc1. The van der Waals surface area contributed by atoms with Gasteiger partial charge in [-0.25, -0.2) is 9.97 Å². The molecule has 0 aliphatic carbocycles. The summed E-state index contributed by atoms with van der Waals surface area (Å²) in [6, 6.07) is 17.7. The fourth-order valence-electron chi connectivity index (χ4n) is 2.20. The zero-order valence-corrected chi connectivity index (χ0v) is 13.3. The largest absolute Gasteiger partial charge is 0.382 e. The van der Waals surface area contributed by atoms with Gasteiger partial charge in [0.05, 0.1) is 17.3 Å². The number of hydrogen-bond donors (Lipinski definition) is 2. The van der Waals surface area contributed by atoms with Gasteiger partial charge in [0.2, 0.25) is 5.95 Å². The number of aliphatic hydroxyl groups is 1. The quantitative estimate of drug-likeness (QED) is 0.756. The van der Waals surface area contributed by atoms with Crippen molar-refractivity contribution in [1.82, 2.24) is 9.97 Å². The maximum atomic E-state index is 10.5. The van der Waals surface area contributed by atoms with Crippen molar-refractivity contribution in [2.75, 3.05) is 5.32 Å². The maximum absolute atomic E-state index is 10.5. The first-order valence-corrected chi connectivity index (χ1v) is 7.58. The average molecular weight is 337 g/mol. The van der Waals surface area contributed by atoms with Gasteiger partial charge in [-0.3, -0.25) is 0 Å². The van der Waals surface area contributed by atoms with Crippen LogP contribution >= 0.6 is 11.6 Å². The summed E-state index contributed by atoms with van der Waals surface area (Å²) in [7, 11) is 0. The van der Waals surface area contributed by atoms with E-state index >= 15 is 0 Å². The highest BCUT2D eigenvalue weighted by Crippen LogP contribution is 2.27. The van der Waals surface area contributed by atoms with Gasteiger partial charge >= 0.3 is 0 Å². The predicted molar refractivity (Wildman–Crippen MR) is 92.0 cm³/mol. The van der Waals surface area contributed by atoms with Crippen molar-refractivity contribution >= 4 is 23.2 Å². The fraction of sp³-hybridized carbons (Fsp3) is 0.0556. The third-order valence-electron chi connectivity index (χ3n) is 3.43. The highest BCUT2D eigenvalue weighted by molar-refractivity contribution is 6.31. The minimum absolute atomic E-state index is 0.350. The zero-order valence-electron chi connectivity index (χ0n) is 12.5. The van der Waals surface area contributed by atoms with E-state index in [0.29, 0.717) is 27.8 Å². The molecule has 0 amide bonds. The summed E-state index contributed by atoms with van der Waals surface area (Å²) < 4.78 is 0. The standard InChI is InChI=1S/C18H13ClN4O/c19-15-4-2-1-3-14(15)17(24)16-9-10-21-18(23-16)22-13-7-5-12(11-20)6-8-13/h1-10,17,24H,(H,21,22,23). The third kappa shape index (κ3) is 3.51. The Bertz CT molecular complexity index is 890. The summed E-state index contributed by atoms with van der Waals surface area (Å²) in [5.41, 5.74) is 2.35. The van der Waals surface area contributed by atoms with Crippen LogP contribution in [0.3, 0.4) is 0 Å². The molecule has 2 aromatic carbocycles. The van der Waals surface area contributed by atoms with Crippen LogP contribution in [0.15, 0.2) is 60.8 Å². The van der Waals surface area contributed by atoms with E-state index in [9.17, 15) is 5.11 Å². The average Bonchev–Trinajstić information content (AvgIpc) is 2.62. The molecule has 0 saturated carbocycles. The zero-order chi connectivity index (χ0) is 16.9. The molecular weight excluding hydrogens is 324 g/mol. The van der Waals surface area contributed by atoms with Crippen LogP contribution in [-0.4, -0.2) is 15.1 Å². The summed E-state index contributed by atoms with van der Waals surface area (Å²) >= 11 is 6.12. The molecule has 0 radical (unpaired) electrons. The number of hydrogen-bond acceptors (Lipinski definition) is 5. The van der Waals surface area contributed by atoms with Gasteiger partial charge < -0.3 is 10.4 Å². The van der Waals surface area contributed by atoms with Gasteiger partial charge in [0.25, 0.3) is 0 Å². The number of aromatic nitrogens is 2. The monoisotopic (exact) mass is 336 g/mol. The second-order valence-corrected chi connectivity index (χ2v) is 5.45. The highest BCUT2D eigenvalue weighted by Gasteiger charge is 2.15. The number of halogens is 1. The first-order chi connectivity index (χ1) is 11.7. The second-order valence-electron chi connectivity index (χ2n) is 5.04. The normalized spacial score (nSPS) is 11.5. The molecule has 0 aliphatic heterocycles. The van der Waals surface area contributed by atoms with Gasteiger partial charge in [-0.15, -0.1) is 0 Å². The van der Waals surface area contributed by atoms with Crippen molar-refractivity contribution in [3.05, 3.63) is 82.6 Å². The van der Waals surface area contributed by atoms with Crippen LogP contribution in [0.2, 0.25) is 5.02 Å². The molecule has 6 heteroatoms. The number of rotatable bonds is 4. The Morgan fingerprint density at radius 1 is 1.08 bits per heavy atom. The number of nitriles is 1. The van der Waals surface area contributed by atoms with E-state index in [4.69, 9.17) is 16.9 Å². The molecule has 1 aromatic heterocycles. The number of aliphatic hydroxyl groups excluding tert-OH is 1. The molecule has 0 aliphatic rings. The first kappa shape index (κ1) is 15.9. The van der Waals surface area contributed by atoms with E-state index in [-0.39, 0.29) is 0 Å². The van der Waals surface area contributed by atoms with Crippen LogP contribution in [-0.2, 0) is 0 Å². The highest BCUT2D eigenvalue weighted by atomic mass is 35.5. The van der Waals surface area contributed by atoms with Gasteiger partial charge in [-0.2, -0.15) is 5.26 Å². The van der Waals surface area contributed by atoms with Crippen LogP contribution in [0.25, 0.3) is 0 Å². The van der Waals surface area contributed by atoms with E-state index in [1.54, 1.807) is 54.7 Å². The van der Waals surface area contributed by atoms with E-state index < -0.39 is 6.10 Å². The molecule has 0 fully saturated rings. The Morgan fingerprint density at radius 2 is 1.83 bits per heavy atom. The Hall–Kier alpha value is -2.94.